The van der Waals surface area contributed by atoms with E-state index in [0.29, 0.717) is 24.4 Å². The van der Waals surface area contributed by atoms with Crippen molar-refractivity contribution in [1.29, 1.82) is 5.26 Å². The third-order valence-electron chi connectivity index (χ3n) is 3.33. The van der Waals surface area contributed by atoms with Crippen LogP contribution in [-0.4, -0.2) is 31.1 Å². The maximum absolute atomic E-state index is 12.1. The van der Waals surface area contributed by atoms with E-state index < -0.39 is 0 Å². The average molecular weight is 353 g/mol. The largest absolute Gasteiger partial charge is 0.344 e. The Kier molecular flexibility index (Phi) is 5.43. The summed E-state index contributed by atoms with van der Waals surface area (Å²) in [5.74, 6) is -0.317. The second-order valence-corrected chi connectivity index (χ2v) is 6.24. The SMILES string of the molecule is N#CCCCn1cc(C(=O)NCc2nnc(-c3ccccc3)s2)nn1. The molecule has 0 radical (unpaired) electrons. The van der Waals surface area contributed by atoms with E-state index in [2.05, 4.69) is 31.9 Å². The molecule has 0 aliphatic heterocycles. The minimum Gasteiger partial charge on any atom is -0.344 e. The Hall–Kier alpha value is -3.12. The molecule has 2 heterocycles. The highest BCUT2D eigenvalue weighted by Gasteiger charge is 2.12. The monoisotopic (exact) mass is 353 g/mol. The molecule has 0 aliphatic carbocycles. The highest BCUT2D eigenvalue weighted by Crippen LogP contribution is 2.22. The Morgan fingerprint density at radius 3 is 2.88 bits per heavy atom. The van der Waals surface area contributed by atoms with Gasteiger partial charge >= 0.3 is 0 Å². The smallest absolute Gasteiger partial charge is 0.273 e. The van der Waals surface area contributed by atoms with Crippen LogP contribution in [0.3, 0.4) is 0 Å². The second kappa shape index (κ2) is 8.12. The molecule has 0 atom stereocenters. The number of hydrogen-bond donors (Lipinski definition) is 1. The molecule has 0 spiro atoms. The summed E-state index contributed by atoms with van der Waals surface area (Å²) < 4.78 is 1.56. The number of rotatable bonds is 7. The van der Waals surface area contributed by atoms with E-state index in [0.717, 1.165) is 10.6 Å². The molecule has 0 saturated carbocycles. The predicted molar refractivity (Wildman–Crippen MR) is 91.4 cm³/mol. The summed E-state index contributed by atoms with van der Waals surface area (Å²) in [6, 6.07) is 11.8. The molecule has 8 nitrogen and oxygen atoms in total. The number of hydrogen-bond acceptors (Lipinski definition) is 7. The zero-order chi connectivity index (χ0) is 17.5. The molecule has 0 saturated heterocycles. The van der Waals surface area contributed by atoms with Gasteiger partial charge in [0.25, 0.3) is 5.91 Å². The van der Waals surface area contributed by atoms with Crippen molar-refractivity contribution in [2.75, 3.05) is 0 Å². The van der Waals surface area contributed by atoms with Crippen LogP contribution in [0, 0.1) is 11.3 Å². The van der Waals surface area contributed by atoms with Crippen molar-refractivity contribution in [2.24, 2.45) is 0 Å². The lowest BCUT2D eigenvalue weighted by atomic mass is 10.2. The van der Waals surface area contributed by atoms with E-state index in [9.17, 15) is 4.79 Å². The van der Waals surface area contributed by atoms with Crippen LogP contribution in [0.25, 0.3) is 10.6 Å². The zero-order valence-electron chi connectivity index (χ0n) is 13.3. The van der Waals surface area contributed by atoms with E-state index in [1.165, 1.54) is 11.3 Å². The van der Waals surface area contributed by atoms with Crippen molar-refractivity contribution in [3.63, 3.8) is 0 Å². The Morgan fingerprint density at radius 2 is 2.08 bits per heavy atom. The van der Waals surface area contributed by atoms with Crippen molar-refractivity contribution in [1.82, 2.24) is 30.5 Å². The number of benzene rings is 1. The third kappa shape index (κ3) is 4.45. The Bertz CT molecular complexity index is 881. The molecule has 3 rings (SSSR count). The molecule has 1 N–H and O–H groups in total. The molecule has 3 aromatic rings. The van der Waals surface area contributed by atoms with Gasteiger partial charge < -0.3 is 5.32 Å². The van der Waals surface area contributed by atoms with Crippen LogP contribution in [0.15, 0.2) is 36.5 Å². The molecular weight excluding hydrogens is 338 g/mol. The van der Waals surface area contributed by atoms with Gasteiger partial charge in [-0.3, -0.25) is 9.48 Å². The first-order chi connectivity index (χ1) is 12.3. The highest BCUT2D eigenvalue weighted by atomic mass is 32.1. The number of aromatic nitrogens is 5. The molecule has 0 aliphatic rings. The minimum absolute atomic E-state index is 0.241. The number of nitriles is 1. The van der Waals surface area contributed by atoms with Crippen molar-refractivity contribution in [2.45, 2.75) is 25.9 Å². The van der Waals surface area contributed by atoms with E-state index in [1.807, 2.05) is 30.3 Å². The maximum Gasteiger partial charge on any atom is 0.273 e. The predicted octanol–water partition coefficient (Wildman–Crippen LogP) is 2.03. The number of unbranched alkanes of at least 4 members (excludes halogenated alkanes) is 1. The van der Waals surface area contributed by atoms with Gasteiger partial charge in [0.15, 0.2) is 5.69 Å². The maximum atomic E-state index is 12.1. The summed E-state index contributed by atoms with van der Waals surface area (Å²) in [6.45, 7) is 0.843. The zero-order valence-corrected chi connectivity index (χ0v) is 14.1. The quantitative estimate of drug-likeness (QED) is 0.651. The first-order valence-corrected chi connectivity index (χ1v) is 8.51. The number of carbonyl (C=O) groups excluding carboxylic acids is 1. The molecular formula is C16H15N7OS. The molecule has 0 fully saturated rings. The lowest BCUT2D eigenvalue weighted by Gasteiger charge is -1.98. The van der Waals surface area contributed by atoms with Gasteiger partial charge in [0.2, 0.25) is 0 Å². The van der Waals surface area contributed by atoms with Gasteiger partial charge in [0.05, 0.1) is 18.8 Å². The van der Waals surface area contributed by atoms with Crippen molar-refractivity contribution in [3.05, 3.63) is 47.2 Å². The molecule has 126 valence electrons. The molecule has 2 aromatic heterocycles. The van der Waals surface area contributed by atoms with Crippen molar-refractivity contribution < 1.29 is 4.79 Å². The molecule has 0 bridgehead atoms. The summed E-state index contributed by atoms with van der Waals surface area (Å²) in [6.07, 6.45) is 2.69. The number of amides is 1. The van der Waals surface area contributed by atoms with Crippen LogP contribution >= 0.6 is 11.3 Å². The van der Waals surface area contributed by atoms with E-state index >= 15 is 0 Å². The normalized spacial score (nSPS) is 10.4. The number of aryl methyl sites for hydroxylation is 1. The topological polar surface area (TPSA) is 109 Å². The third-order valence-corrected chi connectivity index (χ3v) is 4.31. The van der Waals surface area contributed by atoms with Crippen LogP contribution in [0.1, 0.15) is 28.3 Å². The van der Waals surface area contributed by atoms with Crippen LogP contribution in [0.5, 0.6) is 0 Å². The van der Waals surface area contributed by atoms with Gasteiger partial charge in [0, 0.05) is 18.5 Å². The van der Waals surface area contributed by atoms with E-state index in [4.69, 9.17) is 5.26 Å². The first kappa shape index (κ1) is 16.7. The summed E-state index contributed by atoms with van der Waals surface area (Å²) >= 11 is 1.43. The van der Waals surface area contributed by atoms with E-state index in [-0.39, 0.29) is 18.1 Å². The fourth-order valence-corrected chi connectivity index (χ4v) is 2.89. The molecule has 1 aromatic carbocycles. The van der Waals surface area contributed by atoms with Crippen molar-refractivity contribution >= 4 is 17.2 Å². The van der Waals surface area contributed by atoms with Gasteiger partial charge in [0.1, 0.15) is 10.0 Å². The molecule has 25 heavy (non-hydrogen) atoms. The number of nitrogens with zero attached hydrogens (tertiary/aromatic N) is 6. The van der Waals surface area contributed by atoms with Gasteiger partial charge in [-0.2, -0.15) is 5.26 Å². The summed E-state index contributed by atoms with van der Waals surface area (Å²) in [5, 5.41) is 28.8. The Balaban J connectivity index is 1.54. The molecule has 9 heteroatoms. The fourth-order valence-electron chi connectivity index (χ4n) is 2.10. The highest BCUT2D eigenvalue weighted by molar-refractivity contribution is 7.14. The van der Waals surface area contributed by atoms with E-state index in [1.54, 1.807) is 10.9 Å². The van der Waals surface area contributed by atoms with Crippen LogP contribution in [0.2, 0.25) is 0 Å². The van der Waals surface area contributed by atoms with Crippen LogP contribution in [-0.2, 0) is 13.1 Å². The standard InChI is InChI=1S/C16H15N7OS/c17-8-4-5-9-23-11-13(19-22-23)15(24)18-10-14-20-21-16(25-14)12-6-2-1-3-7-12/h1-3,6-7,11H,4-5,9-10H2,(H,18,24). The fraction of sp³-hybridized carbons (Fsp3) is 0.250. The number of carbonyl (C=O) groups is 1. The van der Waals surface area contributed by atoms with Gasteiger partial charge in [-0.05, 0) is 6.42 Å². The summed E-state index contributed by atoms with van der Waals surface area (Å²) in [5.41, 5.74) is 1.24. The van der Waals surface area contributed by atoms with Gasteiger partial charge in [-0.1, -0.05) is 46.9 Å². The van der Waals surface area contributed by atoms with Gasteiger partial charge in [-0.15, -0.1) is 15.3 Å². The lowest BCUT2D eigenvalue weighted by molar-refractivity contribution is 0.0945. The first-order valence-electron chi connectivity index (χ1n) is 7.69. The second-order valence-electron chi connectivity index (χ2n) is 5.18. The average Bonchev–Trinajstić information content (AvgIpc) is 3.30. The lowest BCUT2D eigenvalue weighted by Crippen LogP contribution is -2.23. The Morgan fingerprint density at radius 1 is 1.24 bits per heavy atom. The van der Waals surface area contributed by atoms with Crippen LogP contribution in [0.4, 0.5) is 0 Å². The molecule has 0 unspecified atom stereocenters. The summed E-state index contributed by atoms with van der Waals surface area (Å²) in [4.78, 5) is 12.1. The minimum atomic E-state index is -0.317. The molecule has 1 amide bonds. The van der Waals surface area contributed by atoms with Crippen molar-refractivity contribution in [3.8, 4) is 16.6 Å². The van der Waals surface area contributed by atoms with Crippen LogP contribution < -0.4 is 5.32 Å². The number of nitrogens with one attached hydrogen (secondary N) is 1. The summed E-state index contributed by atoms with van der Waals surface area (Å²) in [7, 11) is 0. The van der Waals surface area contributed by atoms with Gasteiger partial charge in [-0.25, -0.2) is 0 Å². The Labute approximate surface area is 148 Å².